The van der Waals surface area contributed by atoms with E-state index in [1.807, 2.05) is 12.1 Å². The molecule has 0 spiro atoms. The van der Waals surface area contributed by atoms with E-state index in [0.29, 0.717) is 29.8 Å². The maximum absolute atomic E-state index is 14.3. The lowest BCUT2D eigenvalue weighted by Gasteiger charge is -2.26. The van der Waals surface area contributed by atoms with Crippen LogP contribution in [0.15, 0.2) is 35.3 Å². The zero-order chi connectivity index (χ0) is 23.0. The van der Waals surface area contributed by atoms with Crippen molar-refractivity contribution in [1.82, 2.24) is 15.5 Å². The molecule has 2 aromatic carbocycles. The van der Waals surface area contributed by atoms with Crippen LogP contribution in [0.5, 0.6) is 17.2 Å². The van der Waals surface area contributed by atoms with Gasteiger partial charge in [-0.15, -0.1) is 0 Å². The predicted octanol–water partition coefficient (Wildman–Crippen LogP) is 2.96. The van der Waals surface area contributed by atoms with Gasteiger partial charge < -0.3 is 29.7 Å². The van der Waals surface area contributed by atoms with E-state index in [-0.39, 0.29) is 12.1 Å². The highest BCUT2D eigenvalue weighted by molar-refractivity contribution is 5.79. The fraction of sp³-hybridized carbons (Fsp3) is 0.409. The average Bonchev–Trinajstić information content (AvgIpc) is 2.76. The zero-order valence-corrected chi connectivity index (χ0v) is 18.8. The summed E-state index contributed by atoms with van der Waals surface area (Å²) in [6.07, 6.45) is 0. The first-order chi connectivity index (χ1) is 14.9. The molecular formula is C22H30F2N4O3. The van der Waals surface area contributed by atoms with E-state index in [1.165, 1.54) is 18.2 Å². The Hall–Kier alpha value is -3.07. The Bertz CT molecular complexity index is 861. The topological polar surface area (TPSA) is 67.4 Å². The van der Waals surface area contributed by atoms with E-state index in [1.54, 1.807) is 47.4 Å². The highest BCUT2D eigenvalue weighted by atomic mass is 19.1. The Morgan fingerprint density at radius 3 is 2.03 bits per heavy atom. The Morgan fingerprint density at radius 2 is 1.58 bits per heavy atom. The largest absolute Gasteiger partial charge is 0.493 e. The molecule has 0 saturated heterocycles. The molecule has 0 aliphatic rings. The van der Waals surface area contributed by atoms with Crippen LogP contribution in [0.4, 0.5) is 8.78 Å². The third-order valence-electron chi connectivity index (χ3n) is 4.83. The van der Waals surface area contributed by atoms with Crippen LogP contribution in [-0.2, 0) is 6.54 Å². The summed E-state index contributed by atoms with van der Waals surface area (Å²) in [6.45, 7) is 0.664. The molecule has 0 radical (unpaired) electrons. The molecular weight excluding hydrogens is 406 g/mol. The number of nitrogens with zero attached hydrogens (tertiary/aromatic N) is 2. The molecule has 170 valence electrons. The van der Waals surface area contributed by atoms with E-state index < -0.39 is 17.7 Å². The summed E-state index contributed by atoms with van der Waals surface area (Å²) in [5, 5.41) is 6.31. The number of halogens is 2. The van der Waals surface area contributed by atoms with E-state index in [9.17, 15) is 8.78 Å². The first-order valence-electron chi connectivity index (χ1n) is 9.69. The summed E-state index contributed by atoms with van der Waals surface area (Å²) in [5.74, 6) is 0.921. The minimum atomic E-state index is -0.583. The first kappa shape index (κ1) is 24.2. The average molecular weight is 437 g/mol. The molecule has 0 aliphatic heterocycles. The Kier molecular flexibility index (Phi) is 8.87. The summed E-state index contributed by atoms with van der Waals surface area (Å²) in [5.41, 5.74) is 0.891. The molecule has 7 nitrogen and oxygen atoms in total. The monoisotopic (exact) mass is 436 g/mol. The van der Waals surface area contributed by atoms with Crippen molar-refractivity contribution in [3.63, 3.8) is 0 Å². The van der Waals surface area contributed by atoms with Crippen LogP contribution < -0.4 is 24.8 Å². The quantitative estimate of drug-likeness (QED) is 0.465. The van der Waals surface area contributed by atoms with E-state index >= 15 is 0 Å². The molecule has 1 unspecified atom stereocenters. The fourth-order valence-corrected chi connectivity index (χ4v) is 3.21. The Labute approximate surface area is 182 Å². The third kappa shape index (κ3) is 5.97. The second-order valence-corrected chi connectivity index (χ2v) is 6.95. The van der Waals surface area contributed by atoms with Crippen molar-refractivity contribution in [2.24, 2.45) is 4.99 Å². The van der Waals surface area contributed by atoms with Crippen LogP contribution in [-0.4, -0.2) is 59.9 Å². The van der Waals surface area contributed by atoms with E-state index in [0.717, 1.165) is 5.56 Å². The molecule has 0 fully saturated rings. The van der Waals surface area contributed by atoms with Crippen molar-refractivity contribution < 1.29 is 23.0 Å². The van der Waals surface area contributed by atoms with E-state index in [4.69, 9.17) is 14.2 Å². The number of benzene rings is 2. The molecule has 31 heavy (non-hydrogen) atoms. The molecule has 2 N–H and O–H groups in total. The SMILES string of the molecule is CN=C(NCc1cc(OC)c(OC)c(OC)c1)NCC(c1c(F)cccc1F)N(C)C. The summed E-state index contributed by atoms with van der Waals surface area (Å²) < 4.78 is 44.6. The molecule has 0 aromatic heterocycles. The van der Waals surface area contributed by atoms with Gasteiger partial charge in [0.1, 0.15) is 11.6 Å². The summed E-state index contributed by atoms with van der Waals surface area (Å²) >= 11 is 0. The molecule has 2 aromatic rings. The van der Waals surface area contributed by atoms with Crippen LogP contribution in [0.25, 0.3) is 0 Å². The van der Waals surface area contributed by atoms with Gasteiger partial charge in [0.2, 0.25) is 5.75 Å². The van der Waals surface area contributed by atoms with Gasteiger partial charge in [0, 0.05) is 25.7 Å². The Morgan fingerprint density at radius 1 is 1.00 bits per heavy atom. The van der Waals surface area contributed by atoms with Crippen LogP contribution in [0.2, 0.25) is 0 Å². The number of aliphatic imine (C=N–C) groups is 1. The predicted molar refractivity (Wildman–Crippen MR) is 117 cm³/mol. The highest BCUT2D eigenvalue weighted by Gasteiger charge is 2.22. The van der Waals surface area contributed by atoms with Gasteiger partial charge in [0.05, 0.1) is 27.4 Å². The molecule has 9 heteroatoms. The first-order valence-corrected chi connectivity index (χ1v) is 9.69. The van der Waals surface area contributed by atoms with Crippen molar-refractivity contribution in [1.29, 1.82) is 0 Å². The van der Waals surface area contributed by atoms with Crippen LogP contribution in [0.1, 0.15) is 17.2 Å². The number of likely N-dealkylation sites (N-methyl/N-ethyl adjacent to an activating group) is 1. The normalized spacial score (nSPS) is 12.5. The van der Waals surface area contributed by atoms with Gasteiger partial charge in [0.15, 0.2) is 17.5 Å². The third-order valence-corrected chi connectivity index (χ3v) is 4.83. The molecule has 2 rings (SSSR count). The van der Waals surface area contributed by atoms with Gasteiger partial charge in [-0.05, 0) is 43.9 Å². The van der Waals surface area contributed by atoms with Gasteiger partial charge in [-0.25, -0.2) is 8.78 Å². The summed E-state index contributed by atoms with van der Waals surface area (Å²) in [7, 11) is 9.81. The Balaban J connectivity index is 2.11. The number of hydrogen-bond donors (Lipinski definition) is 2. The lowest BCUT2D eigenvalue weighted by atomic mass is 10.0. The maximum atomic E-state index is 14.3. The molecule has 1 atom stereocenters. The number of methoxy groups -OCH3 is 3. The lowest BCUT2D eigenvalue weighted by Crippen LogP contribution is -2.41. The van der Waals surface area contributed by atoms with Crippen LogP contribution in [0, 0.1) is 11.6 Å². The second-order valence-electron chi connectivity index (χ2n) is 6.95. The fourth-order valence-electron chi connectivity index (χ4n) is 3.21. The number of hydrogen-bond acceptors (Lipinski definition) is 5. The molecule has 0 bridgehead atoms. The van der Waals surface area contributed by atoms with Gasteiger partial charge >= 0.3 is 0 Å². The van der Waals surface area contributed by atoms with Crippen molar-refractivity contribution in [2.45, 2.75) is 12.6 Å². The van der Waals surface area contributed by atoms with Crippen molar-refractivity contribution in [2.75, 3.05) is 49.0 Å². The molecule has 0 aliphatic carbocycles. The standard InChI is InChI=1S/C22H30F2N4O3/c1-25-22(26-12-14-10-18(29-4)21(31-6)19(11-14)30-5)27-13-17(28(2)3)20-15(23)8-7-9-16(20)24/h7-11,17H,12-13H2,1-6H3,(H2,25,26,27). The number of rotatable bonds is 9. The maximum Gasteiger partial charge on any atom is 0.203 e. The zero-order valence-electron chi connectivity index (χ0n) is 18.8. The van der Waals surface area contributed by atoms with Crippen molar-refractivity contribution in [3.8, 4) is 17.2 Å². The highest BCUT2D eigenvalue weighted by Crippen LogP contribution is 2.38. The molecule has 0 amide bonds. The minimum absolute atomic E-state index is 0.0140. The second kappa shape index (κ2) is 11.4. The van der Waals surface area contributed by atoms with E-state index in [2.05, 4.69) is 15.6 Å². The van der Waals surface area contributed by atoms with Gasteiger partial charge in [-0.1, -0.05) is 6.07 Å². The van der Waals surface area contributed by atoms with Gasteiger partial charge in [-0.3, -0.25) is 4.99 Å². The van der Waals surface area contributed by atoms with Crippen molar-refractivity contribution in [3.05, 3.63) is 53.1 Å². The van der Waals surface area contributed by atoms with Crippen molar-refractivity contribution >= 4 is 5.96 Å². The number of ether oxygens (including phenoxy) is 3. The smallest absolute Gasteiger partial charge is 0.203 e. The summed E-state index contributed by atoms with van der Waals surface area (Å²) in [4.78, 5) is 5.94. The number of nitrogens with one attached hydrogen (secondary N) is 2. The van der Waals surface area contributed by atoms with Gasteiger partial charge in [0.25, 0.3) is 0 Å². The summed E-state index contributed by atoms with van der Waals surface area (Å²) in [6, 6.07) is 7.00. The molecule has 0 heterocycles. The van der Waals surface area contributed by atoms with Gasteiger partial charge in [-0.2, -0.15) is 0 Å². The van der Waals surface area contributed by atoms with Crippen LogP contribution in [0.3, 0.4) is 0 Å². The van der Waals surface area contributed by atoms with Crippen LogP contribution >= 0.6 is 0 Å². The lowest BCUT2D eigenvalue weighted by molar-refractivity contribution is 0.282. The number of guanidine groups is 1. The molecule has 0 saturated carbocycles. The minimum Gasteiger partial charge on any atom is -0.493 e.